The molecule has 0 radical (unpaired) electrons. The van der Waals surface area contributed by atoms with Gasteiger partial charge < -0.3 is 19.7 Å². The molecule has 0 aliphatic carbocycles. The molecule has 0 saturated carbocycles. The highest BCUT2D eigenvalue weighted by atomic mass is 16.5. The molecule has 2 aromatic carbocycles. The van der Waals surface area contributed by atoms with E-state index in [1.807, 2.05) is 54.8 Å². The second-order valence-corrected chi connectivity index (χ2v) is 8.16. The van der Waals surface area contributed by atoms with E-state index in [9.17, 15) is 19.5 Å². The fourth-order valence-corrected chi connectivity index (χ4v) is 3.85. The smallest absolute Gasteiger partial charge is 0.344 e. The number of ketones is 1. The van der Waals surface area contributed by atoms with E-state index in [-0.39, 0.29) is 17.2 Å². The molecule has 1 atom stereocenters. The predicted molar refractivity (Wildman–Crippen MR) is 122 cm³/mol. The zero-order valence-electron chi connectivity index (χ0n) is 18.7. The summed E-state index contributed by atoms with van der Waals surface area (Å²) in [6, 6.07) is 15.0. The van der Waals surface area contributed by atoms with Gasteiger partial charge in [0.1, 0.15) is 5.75 Å². The van der Waals surface area contributed by atoms with Gasteiger partial charge in [-0.05, 0) is 37.0 Å². The van der Waals surface area contributed by atoms with Crippen LogP contribution in [0.3, 0.4) is 0 Å². The molecule has 2 N–H and O–H groups in total. The predicted octanol–water partition coefficient (Wildman–Crippen LogP) is 3.80. The van der Waals surface area contributed by atoms with E-state index in [0.717, 1.165) is 5.56 Å². The van der Waals surface area contributed by atoms with Crippen LogP contribution in [-0.4, -0.2) is 40.5 Å². The van der Waals surface area contributed by atoms with Crippen LogP contribution < -0.4 is 10.1 Å². The fraction of sp³-hybridized carbons (Fsp3) is 0.320. The highest BCUT2D eigenvalue weighted by molar-refractivity contribution is 6.45. The molecular formula is C25H28N2O5. The maximum atomic E-state index is 13.0. The van der Waals surface area contributed by atoms with E-state index < -0.39 is 23.8 Å². The minimum absolute atomic E-state index is 0.103. The Hall–Kier alpha value is -3.61. The molecule has 1 amide bonds. The first-order valence-electron chi connectivity index (χ1n) is 10.6. The molecule has 0 spiro atoms. The number of carbonyl (C=O) groups is 3. The van der Waals surface area contributed by atoms with E-state index in [0.29, 0.717) is 29.6 Å². The van der Waals surface area contributed by atoms with Crippen molar-refractivity contribution in [3.05, 3.63) is 65.4 Å². The SMILES string of the molecule is CNC(=O)C(=O)c1c(C)n(Cc2ccccc2)c2cccc(OC(CC(C)C)C(=O)O)c12. The van der Waals surface area contributed by atoms with Gasteiger partial charge in [-0.25, -0.2) is 4.79 Å². The number of benzene rings is 2. The summed E-state index contributed by atoms with van der Waals surface area (Å²) in [5.74, 6) is -2.12. The van der Waals surface area contributed by atoms with Crippen LogP contribution in [0.1, 0.15) is 41.9 Å². The molecule has 0 aliphatic heterocycles. The summed E-state index contributed by atoms with van der Waals surface area (Å²) in [4.78, 5) is 37.1. The minimum atomic E-state index is -1.07. The highest BCUT2D eigenvalue weighted by Gasteiger charge is 2.29. The molecule has 3 aromatic rings. The number of carbonyl (C=O) groups excluding carboxylic acids is 2. The van der Waals surface area contributed by atoms with Crippen LogP contribution in [-0.2, 0) is 16.1 Å². The van der Waals surface area contributed by atoms with Crippen LogP contribution in [0.2, 0.25) is 0 Å². The Kier molecular flexibility index (Phi) is 6.98. The molecule has 7 heteroatoms. The molecule has 1 heterocycles. The number of hydrogen-bond acceptors (Lipinski definition) is 4. The Morgan fingerprint density at radius 2 is 1.75 bits per heavy atom. The summed E-state index contributed by atoms with van der Waals surface area (Å²) in [6.07, 6.45) is -0.755. The molecule has 3 rings (SSSR count). The molecule has 32 heavy (non-hydrogen) atoms. The van der Waals surface area contributed by atoms with E-state index in [4.69, 9.17) is 4.74 Å². The van der Waals surface area contributed by atoms with Crippen molar-refractivity contribution in [3.8, 4) is 5.75 Å². The summed E-state index contributed by atoms with van der Waals surface area (Å²) in [5.41, 5.74) is 2.56. The lowest BCUT2D eigenvalue weighted by Gasteiger charge is -2.18. The van der Waals surface area contributed by atoms with Gasteiger partial charge in [0.15, 0.2) is 6.10 Å². The van der Waals surface area contributed by atoms with Crippen molar-refractivity contribution < 1.29 is 24.2 Å². The van der Waals surface area contributed by atoms with Gasteiger partial charge in [0.2, 0.25) is 0 Å². The monoisotopic (exact) mass is 436 g/mol. The van der Waals surface area contributed by atoms with Gasteiger partial charge >= 0.3 is 5.97 Å². The molecule has 0 saturated heterocycles. The van der Waals surface area contributed by atoms with Gasteiger partial charge in [0.25, 0.3) is 11.7 Å². The normalized spacial score (nSPS) is 12.0. The van der Waals surface area contributed by atoms with Crippen LogP contribution in [0.4, 0.5) is 0 Å². The Labute approximate surface area is 187 Å². The van der Waals surface area contributed by atoms with E-state index >= 15 is 0 Å². The van der Waals surface area contributed by atoms with Crippen molar-refractivity contribution in [3.63, 3.8) is 0 Å². The maximum Gasteiger partial charge on any atom is 0.344 e. The summed E-state index contributed by atoms with van der Waals surface area (Å²) >= 11 is 0. The number of nitrogens with one attached hydrogen (secondary N) is 1. The number of fused-ring (bicyclic) bond motifs is 1. The van der Waals surface area contributed by atoms with Crippen molar-refractivity contribution in [2.45, 2.75) is 39.8 Å². The van der Waals surface area contributed by atoms with Crippen molar-refractivity contribution in [2.75, 3.05) is 7.05 Å². The molecule has 0 fully saturated rings. The first kappa shape index (κ1) is 23.1. The number of Topliss-reactive ketones (excluding diaryl/α,β-unsaturated/α-hetero) is 1. The Bertz CT molecular complexity index is 1150. The largest absolute Gasteiger partial charge is 0.479 e. The number of ether oxygens (including phenoxy) is 1. The Morgan fingerprint density at radius 1 is 1.06 bits per heavy atom. The van der Waals surface area contributed by atoms with Crippen LogP contribution >= 0.6 is 0 Å². The van der Waals surface area contributed by atoms with E-state index in [1.165, 1.54) is 7.05 Å². The van der Waals surface area contributed by atoms with Gasteiger partial charge in [0, 0.05) is 19.3 Å². The highest BCUT2D eigenvalue weighted by Crippen LogP contribution is 2.35. The van der Waals surface area contributed by atoms with Gasteiger partial charge in [-0.2, -0.15) is 0 Å². The summed E-state index contributed by atoms with van der Waals surface area (Å²) in [5, 5.41) is 12.5. The summed E-state index contributed by atoms with van der Waals surface area (Å²) in [6.45, 7) is 6.11. The standard InChI is InChI=1S/C25H28N2O5/c1-15(2)13-20(25(30)31)32-19-12-8-11-18-22(19)21(23(28)24(29)26-4)16(3)27(18)14-17-9-6-5-7-10-17/h5-12,15,20H,13-14H2,1-4H3,(H,26,29)(H,30,31). The van der Waals surface area contributed by atoms with Gasteiger partial charge in [-0.3, -0.25) is 9.59 Å². The second kappa shape index (κ2) is 9.68. The van der Waals surface area contributed by atoms with Gasteiger partial charge in [0.05, 0.1) is 16.5 Å². The third-order valence-corrected chi connectivity index (χ3v) is 5.39. The van der Waals surface area contributed by atoms with E-state index in [2.05, 4.69) is 5.32 Å². The summed E-state index contributed by atoms with van der Waals surface area (Å²) < 4.78 is 7.88. The Morgan fingerprint density at radius 3 is 2.34 bits per heavy atom. The van der Waals surface area contributed by atoms with Crippen LogP contribution in [0.5, 0.6) is 5.75 Å². The zero-order valence-corrected chi connectivity index (χ0v) is 18.7. The number of carboxylic acid groups (broad SMARTS) is 1. The van der Waals surface area contributed by atoms with Crippen molar-refractivity contribution in [1.29, 1.82) is 0 Å². The third-order valence-electron chi connectivity index (χ3n) is 5.39. The number of aliphatic carboxylic acids is 1. The minimum Gasteiger partial charge on any atom is -0.479 e. The van der Waals surface area contributed by atoms with Crippen LogP contribution in [0.15, 0.2) is 48.5 Å². The molecule has 1 aromatic heterocycles. The van der Waals surface area contributed by atoms with Crippen molar-refractivity contribution in [1.82, 2.24) is 9.88 Å². The van der Waals surface area contributed by atoms with Crippen LogP contribution in [0, 0.1) is 12.8 Å². The zero-order chi connectivity index (χ0) is 23.4. The van der Waals surface area contributed by atoms with Gasteiger partial charge in [-0.15, -0.1) is 0 Å². The lowest BCUT2D eigenvalue weighted by atomic mass is 10.0. The summed E-state index contributed by atoms with van der Waals surface area (Å²) in [7, 11) is 1.40. The first-order valence-corrected chi connectivity index (χ1v) is 10.6. The molecule has 1 unspecified atom stereocenters. The number of rotatable bonds is 9. The molecule has 0 aliphatic rings. The van der Waals surface area contributed by atoms with Crippen LogP contribution in [0.25, 0.3) is 10.9 Å². The lowest BCUT2D eigenvalue weighted by molar-refractivity contribution is -0.145. The molecular weight excluding hydrogens is 408 g/mol. The second-order valence-electron chi connectivity index (χ2n) is 8.16. The average Bonchev–Trinajstić information content (AvgIpc) is 3.04. The fourth-order valence-electron chi connectivity index (χ4n) is 3.85. The molecule has 7 nitrogen and oxygen atoms in total. The van der Waals surface area contributed by atoms with Gasteiger partial charge in [-0.1, -0.05) is 50.2 Å². The van der Waals surface area contributed by atoms with Crippen molar-refractivity contribution >= 4 is 28.6 Å². The maximum absolute atomic E-state index is 13.0. The molecule has 0 bridgehead atoms. The Balaban J connectivity index is 2.21. The molecule has 168 valence electrons. The van der Waals surface area contributed by atoms with Crippen molar-refractivity contribution in [2.24, 2.45) is 5.92 Å². The topological polar surface area (TPSA) is 97.6 Å². The number of likely N-dealkylation sites (N-methyl/N-ethyl adjacent to an activating group) is 1. The van der Waals surface area contributed by atoms with E-state index in [1.54, 1.807) is 19.1 Å². The number of hydrogen-bond donors (Lipinski definition) is 2. The quantitative estimate of drug-likeness (QED) is 0.393. The number of nitrogens with zero attached hydrogens (tertiary/aromatic N) is 1. The number of amides is 1. The number of carboxylic acids is 1. The number of aromatic nitrogens is 1. The third kappa shape index (κ3) is 4.66. The first-order chi connectivity index (χ1) is 15.2. The average molecular weight is 437 g/mol. The lowest BCUT2D eigenvalue weighted by Crippen LogP contribution is -2.29.